The number of esters is 1. The number of amides is 1. The van der Waals surface area contributed by atoms with Crippen LogP contribution in [0.25, 0.3) is 0 Å². The fraction of sp³-hybridized carbons (Fsp3) is 0.467. The molecule has 0 radical (unpaired) electrons. The number of hydrogen-bond donors (Lipinski definition) is 1. The zero-order valence-electron chi connectivity index (χ0n) is 10.9. The summed E-state index contributed by atoms with van der Waals surface area (Å²) in [6, 6.07) is 8.88. The Labute approximate surface area is 113 Å². The first-order chi connectivity index (χ1) is 9.27. The SMILES string of the molecule is O=C(NCOC(=O)C1CCCCC1)c1ccccc1. The van der Waals surface area contributed by atoms with Crippen LogP contribution in [0.3, 0.4) is 0 Å². The molecule has 1 fully saturated rings. The summed E-state index contributed by atoms with van der Waals surface area (Å²) in [6.45, 7) is -0.0525. The van der Waals surface area contributed by atoms with Crippen molar-refractivity contribution in [2.45, 2.75) is 32.1 Å². The number of benzene rings is 1. The zero-order chi connectivity index (χ0) is 13.5. The third-order valence-corrected chi connectivity index (χ3v) is 3.42. The van der Waals surface area contributed by atoms with Crippen LogP contribution in [-0.2, 0) is 9.53 Å². The van der Waals surface area contributed by atoms with Gasteiger partial charge in [0.25, 0.3) is 5.91 Å². The van der Waals surface area contributed by atoms with Crippen molar-refractivity contribution in [3.63, 3.8) is 0 Å². The Bertz CT molecular complexity index is 424. The summed E-state index contributed by atoms with van der Waals surface area (Å²) in [4.78, 5) is 23.4. The van der Waals surface area contributed by atoms with Gasteiger partial charge >= 0.3 is 5.97 Å². The molecule has 2 rings (SSSR count). The number of carbonyl (C=O) groups is 2. The minimum atomic E-state index is -0.225. The van der Waals surface area contributed by atoms with E-state index in [1.807, 2.05) is 6.07 Å². The minimum Gasteiger partial charge on any atom is -0.444 e. The lowest BCUT2D eigenvalue weighted by Crippen LogP contribution is -2.30. The summed E-state index contributed by atoms with van der Waals surface area (Å²) >= 11 is 0. The maximum Gasteiger partial charge on any atom is 0.310 e. The lowest BCUT2D eigenvalue weighted by Gasteiger charge is -2.19. The Hall–Kier alpha value is -1.84. The van der Waals surface area contributed by atoms with Gasteiger partial charge in [-0.1, -0.05) is 37.5 Å². The van der Waals surface area contributed by atoms with Crippen LogP contribution in [0.15, 0.2) is 30.3 Å². The van der Waals surface area contributed by atoms with Gasteiger partial charge in [0.05, 0.1) is 5.92 Å². The molecule has 1 saturated carbocycles. The number of nitrogens with one attached hydrogen (secondary N) is 1. The van der Waals surface area contributed by atoms with Gasteiger partial charge in [0.1, 0.15) is 0 Å². The quantitative estimate of drug-likeness (QED) is 0.669. The fourth-order valence-electron chi connectivity index (χ4n) is 2.32. The molecule has 102 valence electrons. The highest BCUT2D eigenvalue weighted by atomic mass is 16.5. The Morgan fingerprint density at radius 3 is 2.47 bits per heavy atom. The minimum absolute atomic E-state index is 0.0161. The van der Waals surface area contributed by atoms with Crippen molar-refractivity contribution in [2.75, 3.05) is 6.73 Å². The smallest absolute Gasteiger partial charge is 0.310 e. The second-order valence-corrected chi connectivity index (χ2v) is 4.81. The molecular weight excluding hydrogens is 242 g/mol. The third-order valence-electron chi connectivity index (χ3n) is 3.42. The molecule has 1 aliphatic carbocycles. The van der Waals surface area contributed by atoms with E-state index in [0.29, 0.717) is 5.56 Å². The Balaban J connectivity index is 1.71. The van der Waals surface area contributed by atoms with Crippen molar-refractivity contribution in [2.24, 2.45) is 5.92 Å². The molecule has 0 aliphatic heterocycles. The maximum atomic E-state index is 11.7. The van der Waals surface area contributed by atoms with E-state index in [2.05, 4.69) is 5.32 Å². The zero-order valence-corrected chi connectivity index (χ0v) is 10.9. The summed E-state index contributed by atoms with van der Waals surface area (Å²) < 4.78 is 5.10. The summed E-state index contributed by atoms with van der Waals surface area (Å²) in [5, 5.41) is 2.59. The third kappa shape index (κ3) is 4.09. The molecule has 1 aliphatic rings. The second-order valence-electron chi connectivity index (χ2n) is 4.81. The van der Waals surface area contributed by atoms with Crippen LogP contribution in [0.2, 0.25) is 0 Å². The standard InChI is InChI=1S/C15H19NO3/c17-14(12-7-3-1-4-8-12)16-11-19-15(18)13-9-5-2-6-10-13/h1,3-4,7-8,13H,2,5-6,9-11H2,(H,16,17). The first-order valence-corrected chi connectivity index (χ1v) is 6.77. The van der Waals surface area contributed by atoms with Crippen molar-refractivity contribution in [3.05, 3.63) is 35.9 Å². The van der Waals surface area contributed by atoms with Gasteiger partial charge in [0, 0.05) is 5.56 Å². The molecule has 1 amide bonds. The molecule has 0 unspecified atom stereocenters. The molecule has 0 saturated heterocycles. The monoisotopic (exact) mass is 261 g/mol. The van der Waals surface area contributed by atoms with Gasteiger partial charge < -0.3 is 10.1 Å². The van der Waals surface area contributed by atoms with Crippen LogP contribution in [0.1, 0.15) is 42.5 Å². The summed E-state index contributed by atoms with van der Waals surface area (Å²) in [5.41, 5.74) is 0.566. The van der Waals surface area contributed by atoms with Gasteiger partial charge in [-0.3, -0.25) is 9.59 Å². The number of rotatable bonds is 4. The van der Waals surface area contributed by atoms with Crippen molar-refractivity contribution < 1.29 is 14.3 Å². The van der Waals surface area contributed by atoms with Crippen molar-refractivity contribution in [3.8, 4) is 0 Å². The Morgan fingerprint density at radius 1 is 1.11 bits per heavy atom. The highest BCUT2D eigenvalue weighted by Crippen LogP contribution is 2.24. The van der Waals surface area contributed by atoms with Crippen molar-refractivity contribution in [1.82, 2.24) is 5.32 Å². The van der Waals surface area contributed by atoms with Crippen LogP contribution in [0, 0.1) is 5.92 Å². The van der Waals surface area contributed by atoms with Gasteiger partial charge in [-0.25, -0.2) is 0 Å². The molecule has 0 spiro atoms. The van der Waals surface area contributed by atoms with Gasteiger partial charge in [-0.2, -0.15) is 0 Å². The van der Waals surface area contributed by atoms with E-state index in [-0.39, 0.29) is 24.5 Å². The van der Waals surface area contributed by atoms with Gasteiger partial charge in [-0.05, 0) is 25.0 Å². The molecule has 0 bridgehead atoms. The van der Waals surface area contributed by atoms with Crippen LogP contribution in [0.4, 0.5) is 0 Å². The first kappa shape index (κ1) is 13.6. The molecular formula is C15H19NO3. The molecule has 4 heteroatoms. The molecule has 1 aromatic carbocycles. The van der Waals surface area contributed by atoms with Gasteiger partial charge in [0.2, 0.25) is 0 Å². The lowest BCUT2D eigenvalue weighted by atomic mass is 9.89. The molecule has 0 aromatic heterocycles. The van der Waals surface area contributed by atoms with E-state index in [4.69, 9.17) is 4.74 Å². The molecule has 4 nitrogen and oxygen atoms in total. The molecule has 0 heterocycles. The highest BCUT2D eigenvalue weighted by molar-refractivity contribution is 5.94. The normalized spacial score (nSPS) is 15.8. The lowest BCUT2D eigenvalue weighted by molar-refractivity contribution is -0.150. The molecule has 19 heavy (non-hydrogen) atoms. The average molecular weight is 261 g/mol. The molecule has 1 N–H and O–H groups in total. The van der Waals surface area contributed by atoms with Crippen molar-refractivity contribution in [1.29, 1.82) is 0 Å². The largest absolute Gasteiger partial charge is 0.444 e. The summed E-state index contributed by atoms with van der Waals surface area (Å²) in [5.74, 6) is -0.396. The maximum absolute atomic E-state index is 11.7. The van der Waals surface area contributed by atoms with E-state index in [9.17, 15) is 9.59 Å². The predicted molar refractivity (Wildman–Crippen MR) is 71.4 cm³/mol. The summed E-state index contributed by atoms with van der Waals surface area (Å²) in [7, 11) is 0. The van der Waals surface area contributed by atoms with E-state index in [1.165, 1.54) is 6.42 Å². The molecule has 1 aromatic rings. The van der Waals surface area contributed by atoms with Gasteiger partial charge in [0.15, 0.2) is 6.73 Å². The van der Waals surface area contributed by atoms with E-state index in [0.717, 1.165) is 25.7 Å². The molecule has 0 atom stereocenters. The average Bonchev–Trinajstić information content (AvgIpc) is 2.49. The van der Waals surface area contributed by atoms with E-state index < -0.39 is 0 Å². The first-order valence-electron chi connectivity index (χ1n) is 6.77. The van der Waals surface area contributed by atoms with Crippen LogP contribution in [-0.4, -0.2) is 18.6 Å². The predicted octanol–water partition coefficient (Wildman–Crippen LogP) is 2.50. The highest BCUT2D eigenvalue weighted by Gasteiger charge is 2.22. The van der Waals surface area contributed by atoms with Crippen LogP contribution < -0.4 is 5.32 Å². The second kappa shape index (κ2) is 6.92. The Morgan fingerprint density at radius 2 is 1.79 bits per heavy atom. The number of ether oxygens (including phenoxy) is 1. The van der Waals surface area contributed by atoms with Crippen LogP contribution in [0.5, 0.6) is 0 Å². The van der Waals surface area contributed by atoms with E-state index in [1.54, 1.807) is 24.3 Å². The number of hydrogen-bond acceptors (Lipinski definition) is 3. The summed E-state index contributed by atoms with van der Waals surface area (Å²) in [6.07, 6.45) is 5.21. The Kier molecular flexibility index (Phi) is 4.95. The van der Waals surface area contributed by atoms with E-state index >= 15 is 0 Å². The topological polar surface area (TPSA) is 55.4 Å². The van der Waals surface area contributed by atoms with Gasteiger partial charge in [-0.15, -0.1) is 0 Å². The van der Waals surface area contributed by atoms with Crippen molar-refractivity contribution >= 4 is 11.9 Å². The number of carbonyl (C=O) groups excluding carboxylic acids is 2. The van der Waals surface area contributed by atoms with Crippen LogP contribution >= 0.6 is 0 Å². The fourth-order valence-corrected chi connectivity index (χ4v) is 2.32.